The van der Waals surface area contributed by atoms with E-state index in [2.05, 4.69) is 11.4 Å². The van der Waals surface area contributed by atoms with Crippen LogP contribution in [0.5, 0.6) is 0 Å². The van der Waals surface area contributed by atoms with Gasteiger partial charge in [-0.1, -0.05) is 35.9 Å². The Morgan fingerprint density at radius 1 is 1.12 bits per heavy atom. The molecular weight excluding hydrogens is 332 g/mol. The van der Waals surface area contributed by atoms with E-state index in [-0.39, 0.29) is 6.42 Å². The molecule has 2 aromatic carbocycles. The van der Waals surface area contributed by atoms with Gasteiger partial charge in [-0.2, -0.15) is 0 Å². The number of carboxylic acid groups (broad SMARTS) is 1. The third-order valence-corrected chi connectivity index (χ3v) is 4.89. The van der Waals surface area contributed by atoms with Gasteiger partial charge in [0.05, 0.1) is 12.1 Å². The summed E-state index contributed by atoms with van der Waals surface area (Å²) in [5.74, 6) is -0.850. The number of thiazole rings is 1. The minimum atomic E-state index is -0.850. The van der Waals surface area contributed by atoms with Gasteiger partial charge >= 0.3 is 5.97 Å². The van der Waals surface area contributed by atoms with Crippen molar-refractivity contribution < 1.29 is 9.90 Å². The number of anilines is 2. The molecule has 1 heterocycles. The molecule has 0 saturated carbocycles. The smallest absolute Gasteiger partial charge is 0.308 e. The molecule has 5 heteroatoms. The van der Waals surface area contributed by atoms with Gasteiger partial charge in [-0.05, 0) is 44.0 Å². The van der Waals surface area contributed by atoms with Gasteiger partial charge < -0.3 is 10.4 Å². The topological polar surface area (TPSA) is 62.2 Å². The summed E-state index contributed by atoms with van der Waals surface area (Å²) < 4.78 is 0. The first-order valence-electron chi connectivity index (χ1n) is 8.05. The summed E-state index contributed by atoms with van der Waals surface area (Å²) in [4.78, 5) is 16.7. The molecule has 0 aliphatic carbocycles. The van der Waals surface area contributed by atoms with Crippen molar-refractivity contribution >= 4 is 28.1 Å². The number of aryl methyl sites for hydroxylation is 3. The second-order valence-electron chi connectivity index (χ2n) is 6.17. The Labute approximate surface area is 151 Å². The minimum absolute atomic E-state index is 0.0319. The maximum Gasteiger partial charge on any atom is 0.308 e. The quantitative estimate of drug-likeness (QED) is 0.670. The fourth-order valence-electron chi connectivity index (χ4n) is 2.80. The molecule has 0 unspecified atom stereocenters. The lowest BCUT2D eigenvalue weighted by atomic mass is 10.0. The van der Waals surface area contributed by atoms with E-state index in [4.69, 9.17) is 4.98 Å². The summed E-state index contributed by atoms with van der Waals surface area (Å²) in [7, 11) is 0. The molecule has 3 aromatic rings. The molecule has 0 amide bonds. The van der Waals surface area contributed by atoms with Crippen LogP contribution in [0.2, 0.25) is 0 Å². The van der Waals surface area contributed by atoms with E-state index in [9.17, 15) is 9.90 Å². The Kier molecular flexibility index (Phi) is 4.86. The first-order valence-corrected chi connectivity index (χ1v) is 8.87. The zero-order valence-corrected chi connectivity index (χ0v) is 15.3. The van der Waals surface area contributed by atoms with Crippen molar-refractivity contribution in [3.05, 3.63) is 64.0 Å². The molecule has 4 nitrogen and oxygen atoms in total. The van der Waals surface area contributed by atoms with E-state index < -0.39 is 5.97 Å². The number of hydrogen-bond acceptors (Lipinski definition) is 4. The van der Waals surface area contributed by atoms with Gasteiger partial charge in [0.2, 0.25) is 0 Å². The summed E-state index contributed by atoms with van der Waals surface area (Å²) >= 11 is 1.39. The first-order chi connectivity index (χ1) is 11.9. The number of carbonyl (C=O) groups is 1. The molecule has 1 aromatic heterocycles. The van der Waals surface area contributed by atoms with Crippen molar-refractivity contribution in [1.82, 2.24) is 4.98 Å². The van der Waals surface area contributed by atoms with E-state index in [0.29, 0.717) is 5.13 Å². The van der Waals surface area contributed by atoms with Crippen molar-refractivity contribution in [3.63, 3.8) is 0 Å². The fourth-order valence-corrected chi connectivity index (χ4v) is 3.79. The second kappa shape index (κ2) is 7.07. The number of rotatable bonds is 5. The third kappa shape index (κ3) is 4.06. The van der Waals surface area contributed by atoms with E-state index in [1.807, 2.05) is 57.2 Å². The monoisotopic (exact) mass is 352 g/mol. The van der Waals surface area contributed by atoms with Crippen LogP contribution in [0, 0.1) is 20.8 Å². The predicted molar refractivity (Wildman–Crippen MR) is 103 cm³/mol. The molecule has 0 atom stereocenters. The lowest BCUT2D eigenvalue weighted by Gasteiger charge is -2.06. The highest BCUT2D eigenvalue weighted by atomic mass is 32.1. The SMILES string of the molecule is Cc1cccc(Nc2nc(-c3ccc(C)cc3C)c(CC(=O)O)s2)c1. The standard InChI is InChI=1S/C20H20N2O2S/c1-12-5-4-6-15(10-12)21-20-22-19(17(25-20)11-18(23)24)16-8-7-13(2)9-14(16)3/h4-10H,11H2,1-3H3,(H,21,22)(H,23,24). The molecule has 128 valence electrons. The summed E-state index contributed by atoms with van der Waals surface area (Å²) in [5, 5.41) is 13.2. The number of aromatic nitrogens is 1. The highest BCUT2D eigenvalue weighted by Gasteiger charge is 2.17. The van der Waals surface area contributed by atoms with Crippen LogP contribution in [0.4, 0.5) is 10.8 Å². The summed E-state index contributed by atoms with van der Waals surface area (Å²) in [6.45, 7) is 6.10. The number of carboxylic acids is 1. The van der Waals surface area contributed by atoms with Gasteiger partial charge in [0.25, 0.3) is 0 Å². The minimum Gasteiger partial charge on any atom is -0.481 e. The van der Waals surface area contributed by atoms with Crippen molar-refractivity contribution in [3.8, 4) is 11.3 Å². The normalized spacial score (nSPS) is 10.7. The van der Waals surface area contributed by atoms with Crippen LogP contribution < -0.4 is 5.32 Å². The molecule has 2 N–H and O–H groups in total. The van der Waals surface area contributed by atoms with Crippen LogP contribution >= 0.6 is 11.3 Å². The lowest BCUT2D eigenvalue weighted by molar-refractivity contribution is -0.136. The van der Waals surface area contributed by atoms with Gasteiger partial charge in [0.15, 0.2) is 5.13 Å². The second-order valence-corrected chi connectivity index (χ2v) is 7.26. The molecule has 0 fully saturated rings. The van der Waals surface area contributed by atoms with Gasteiger partial charge in [0, 0.05) is 16.1 Å². The van der Waals surface area contributed by atoms with E-state index in [0.717, 1.165) is 32.9 Å². The Bertz CT molecular complexity index is 931. The number of benzene rings is 2. The Morgan fingerprint density at radius 3 is 2.56 bits per heavy atom. The van der Waals surface area contributed by atoms with E-state index >= 15 is 0 Å². The van der Waals surface area contributed by atoms with Crippen molar-refractivity contribution in [2.24, 2.45) is 0 Å². The van der Waals surface area contributed by atoms with Crippen LogP contribution in [-0.4, -0.2) is 16.1 Å². The van der Waals surface area contributed by atoms with Crippen LogP contribution in [0.3, 0.4) is 0 Å². The highest BCUT2D eigenvalue weighted by Crippen LogP contribution is 2.35. The number of nitrogens with one attached hydrogen (secondary N) is 1. The molecule has 25 heavy (non-hydrogen) atoms. The van der Waals surface area contributed by atoms with E-state index in [1.54, 1.807) is 0 Å². The molecule has 0 spiro atoms. The van der Waals surface area contributed by atoms with Crippen LogP contribution in [0.1, 0.15) is 21.6 Å². The maximum atomic E-state index is 11.3. The lowest BCUT2D eigenvalue weighted by Crippen LogP contribution is -2.00. The number of nitrogens with zero attached hydrogens (tertiary/aromatic N) is 1. The van der Waals surface area contributed by atoms with Gasteiger partial charge in [-0.15, -0.1) is 11.3 Å². The summed E-state index contributed by atoms with van der Waals surface area (Å²) in [5.41, 5.74) is 6.11. The Morgan fingerprint density at radius 2 is 1.88 bits per heavy atom. The average molecular weight is 352 g/mol. The number of aliphatic carboxylic acids is 1. The Hall–Kier alpha value is -2.66. The highest BCUT2D eigenvalue weighted by molar-refractivity contribution is 7.16. The average Bonchev–Trinajstić information content (AvgIpc) is 2.88. The molecular formula is C20H20N2O2S. The first kappa shape index (κ1) is 17.2. The molecule has 0 radical (unpaired) electrons. The largest absolute Gasteiger partial charge is 0.481 e. The van der Waals surface area contributed by atoms with Crippen molar-refractivity contribution in [2.75, 3.05) is 5.32 Å². The molecule has 0 bridgehead atoms. The number of hydrogen-bond donors (Lipinski definition) is 2. The van der Waals surface area contributed by atoms with Crippen LogP contribution in [0.25, 0.3) is 11.3 Å². The molecule has 3 rings (SSSR count). The van der Waals surface area contributed by atoms with Crippen molar-refractivity contribution in [1.29, 1.82) is 0 Å². The Balaban J connectivity index is 2.01. The van der Waals surface area contributed by atoms with Crippen LogP contribution in [0.15, 0.2) is 42.5 Å². The van der Waals surface area contributed by atoms with Gasteiger partial charge in [-0.3, -0.25) is 4.79 Å². The third-order valence-electron chi connectivity index (χ3n) is 3.92. The zero-order chi connectivity index (χ0) is 18.0. The molecule has 0 saturated heterocycles. The van der Waals surface area contributed by atoms with Gasteiger partial charge in [-0.25, -0.2) is 4.98 Å². The maximum absolute atomic E-state index is 11.3. The van der Waals surface area contributed by atoms with Gasteiger partial charge in [0.1, 0.15) is 0 Å². The molecule has 0 aliphatic rings. The summed E-state index contributed by atoms with van der Waals surface area (Å²) in [6, 6.07) is 14.2. The van der Waals surface area contributed by atoms with Crippen LogP contribution in [-0.2, 0) is 11.2 Å². The summed E-state index contributed by atoms with van der Waals surface area (Å²) in [6.07, 6.45) is -0.0319. The van der Waals surface area contributed by atoms with E-state index in [1.165, 1.54) is 16.9 Å². The zero-order valence-electron chi connectivity index (χ0n) is 14.5. The fraction of sp³-hybridized carbons (Fsp3) is 0.200. The predicted octanol–water partition coefficient (Wildman–Crippen LogP) is 5.11. The molecule has 0 aliphatic heterocycles. The van der Waals surface area contributed by atoms with Crippen molar-refractivity contribution in [2.45, 2.75) is 27.2 Å².